The summed E-state index contributed by atoms with van der Waals surface area (Å²) in [7, 11) is -1.91. The van der Waals surface area contributed by atoms with Crippen LogP contribution in [-0.2, 0) is 27.7 Å². The fourth-order valence-corrected chi connectivity index (χ4v) is 6.76. The Hall–Kier alpha value is -3.56. The lowest BCUT2D eigenvalue weighted by atomic mass is 9.77. The van der Waals surface area contributed by atoms with Crippen LogP contribution in [-0.4, -0.2) is 39.8 Å². The largest absolute Gasteiger partial charge is 0.444 e. The third kappa shape index (κ3) is 7.15. The summed E-state index contributed by atoms with van der Waals surface area (Å²) in [5, 5.41) is 9.12. The molecule has 8 nitrogen and oxygen atoms in total. The van der Waals surface area contributed by atoms with Crippen molar-refractivity contribution in [2.75, 3.05) is 0 Å². The monoisotopic (exact) mass is 627 g/mol. The zero-order valence-electron chi connectivity index (χ0n) is 28.5. The highest BCUT2D eigenvalue weighted by atomic mass is 28.4. The van der Waals surface area contributed by atoms with Crippen molar-refractivity contribution in [3.8, 4) is 17.1 Å². The van der Waals surface area contributed by atoms with Crippen LogP contribution in [0.25, 0.3) is 28.0 Å². The Kier molecular flexibility index (Phi) is 8.99. The van der Waals surface area contributed by atoms with Crippen LogP contribution in [0.4, 0.5) is 4.79 Å². The van der Waals surface area contributed by atoms with E-state index in [0.29, 0.717) is 6.61 Å². The van der Waals surface area contributed by atoms with Gasteiger partial charge in [0.2, 0.25) is 0 Å². The number of amides is 1. The third-order valence-corrected chi connectivity index (χ3v) is 13.6. The highest BCUT2D eigenvalue weighted by Crippen LogP contribution is 2.40. The first-order valence-electron chi connectivity index (χ1n) is 16.2. The van der Waals surface area contributed by atoms with Gasteiger partial charge in [-0.15, -0.1) is 0 Å². The number of benzene rings is 1. The summed E-state index contributed by atoms with van der Waals surface area (Å²) in [4.78, 5) is 23.2. The lowest BCUT2D eigenvalue weighted by Gasteiger charge is -2.39. The van der Waals surface area contributed by atoms with Crippen molar-refractivity contribution >= 4 is 25.3 Å². The molecular weight excluding hydrogens is 579 g/mol. The second-order valence-electron chi connectivity index (χ2n) is 14.9. The maximum Gasteiger partial charge on any atom is 0.408 e. The van der Waals surface area contributed by atoms with E-state index in [1.165, 1.54) is 5.56 Å². The zero-order valence-corrected chi connectivity index (χ0v) is 29.5. The predicted molar refractivity (Wildman–Crippen MR) is 183 cm³/mol. The molecule has 45 heavy (non-hydrogen) atoms. The maximum absolute atomic E-state index is 13.0. The second-order valence-corrected chi connectivity index (χ2v) is 19.7. The molecule has 0 saturated carbocycles. The zero-order chi connectivity index (χ0) is 32.6. The molecule has 0 bridgehead atoms. The number of pyridine rings is 2. The third-order valence-electron chi connectivity index (χ3n) is 9.16. The van der Waals surface area contributed by atoms with E-state index in [1.807, 2.05) is 49.8 Å². The van der Waals surface area contributed by atoms with Gasteiger partial charge in [0, 0.05) is 10.9 Å². The molecule has 0 aliphatic heterocycles. The fraction of sp³-hybridized carbons (Fsp3) is 0.500. The van der Waals surface area contributed by atoms with Crippen LogP contribution in [0.15, 0.2) is 54.7 Å². The molecule has 1 aliphatic carbocycles. The van der Waals surface area contributed by atoms with Crippen molar-refractivity contribution in [3.05, 3.63) is 71.7 Å². The Morgan fingerprint density at radius 2 is 1.82 bits per heavy atom. The van der Waals surface area contributed by atoms with Crippen LogP contribution in [0.5, 0.6) is 0 Å². The van der Waals surface area contributed by atoms with Crippen molar-refractivity contribution < 1.29 is 14.0 Å². The second kappa shape index (κ2) is 12.3. The topological polar surface area (TPSA) is 91.2 Å². The highest BCUT2D eigenvalue weighted by Gasteiger charge is 2.40. The number of alkyl carbamates (subject to hydrolysis) is 1. The molecule has 1 aliphatic rings. The van der Waals surface area contributed by atoms with Crippen LogP contribution in [0.3, 0.4) is 0 Å². The molecule has 0 spiro atoms. The number of hydrogen-bond donors (Lipinski definition) is 1. The number of nitrogens with one attached hydrogen (secondary N) is 1. The summed E-state index contributed by atoms with van der Waals surface area (Å²) in [5.74, 6) is 0.750. The molecule has 1 atom stereocenters. The van der Waals surface area contributed by atoms with Gasteiger partial charge >= 0.3 is 6.09 Å². The van der Waals surface area contributed by atoms with Gasteiger partial charge in [0.25, 0.3) is 0 Å². The van der Waals surface area contributed by atoms with E-state index in [0.717, 1.165) is 71.5 Å². The lowest BCUT2D eigenvalue weighted by molar-refractivity contribution is 0.0426. The molecule has 0 fully saturated rings. The van der Waals surface area contributed by atoms with E-state index in [2.05, 4.69) is 76.4 Å². The molecule has 0 saturated heterocycles. The van der Waals surface area contributed by atoms with Gasteiger partial charge in [0.15, 0.2) is 14.1 Å². The Labute approximate surface area is 269 Å². The molecule has 4 aromatic rings. The van der Waals surface area contributed by atoms with Gasteiger partial charge in [-0.05, 0) is 94.4 Å². The molecular formula is C36H49N5O3Si. The minimum Gasteiger partial charge on any atom is -0.444 e. The van der Waals surface area contributed by atoms with Crippen molar-refractivity contribution in [1.82, 2.24) is 25.1 Å². The van der Waals surface area contributed by atoms with Crippen LogP contribution in [0.2, 0.25) is 18.1 Å². The van der Waals surface area contributed by atoms with Gasteiger partial charge in [-0.25, -0.2) is 14.5 Å². The molecule has 1 amide bonds. The number of hydrogen-bond acceptors (Lipinski definition) is 6. The summed E-state index contributed by atoms with van der Waals surface area (Å²) in [5.41, 5.74) is 4.68. The summed E-state index contributed by atoms with van der Waals surface area (Å²) in [6.07, 6.45) is 5.94. The normalized spacial score (nSPS) is 17.3. The van der Waals surface area contributed by atoms with Gasteiger partial charge in [-0.2, -0.15) is 5.10 Å². The van der Waals surface area contributed by atoms with E-state index in [-0.39, 0.29) is 5.04 Å². The van der Waals surface area contributed by atoms with E-state index < -0.39 is 25.6 Å². The van der Waals surface area contributed by atoms with E-state index in [4.69, 9.17) is 24.2 Å². The number of aromatic nitrogens is 4. The number of carbonyl (C=O) groups excluding carboxylic acids is 1. The van der Waals surface area contributed by atoms with Crippen molar-refractivity contribution in [2.45, 2.75) is 116 Å². The van der Waals surface area contributed by atoms with Gasteiger partial charge in [-0.3, -0.25) is 4.98 Å². The predicted octanol–water partition coefficient (Wildman–Crippen LogP) is 8.86. The summed E-state index contributed by atoms with van der Waals surface area (Å²) < 4.78 is 14.0. The Balaban J connectivity index is 1.48. The summed E-state index contributed by atoms with van der Waals surface area (Å²) in [6.45, 7) is 19.5. The quantitative estimate of drug-likeness (QED) is 0.196. The summed E-state index contributed by atoms with van der Waals surface area (Å²) >= 11 is 0. The van der Waals surface area contributed by atoms with E-state index >= 15 is 0 Å². The van der Waals surface area contributed by atoms with Crippen molar-refractivity contribution in [1.29, 1.82) is 0 Å². The van der Waals surface area contributed by atoms with E-state index in [1.54, 1.807) is 0 Å². The first-order chi connectivity index (χ1) is 21.1. The molecule has 9 heteroatoms. The number of nitrogens with zero attached hydrogens (tertiary/aromatic N) is 4. The number of aryl methyl sites for hydroxylation is 1. The van der Waals surface area contributed by atoms with Crippen molar-refractivity contribution in [3.63, 3.8) is 0 Å². The average molecular weight is 628 g/mol. The van der Waals surface area contributed by atoms with Gasteiger partial charge in [0.05, 0.1) is 40.9 Å². The van der Waals surface area contributed by atoms with Crippen LogP contribution >= 0.6 is 0 Å². The fourth-order valence-electron chi connectivity index (χ4n) is 5.81. The van der Waals surface area contributed by atoms with Crippen LogP contribution < -0.4 is 5.32 Å². The molecule has 1 unspecified atom stereocenters. The lowest BCUT2D eigenvalue weighted by Crippen LogP contribution is -2.50. The first kappa shape index (κ1) is 32.8. The number of rotatable bonds is 8. The Morgan fingerprint density at radius 1 is 1.04 bits per heavy atom. The first-order valence-corrected chi connectivity index (χ1v) is 19.1. The van der Waals surface area contributed by atoms with Crippen LogP contribution in [0, 0.1) is 0 Å². The molecule has 3 aromatic heterocycles. The van der Waals surface area contributed by atoms with Crippen molar-refractivity contribution in [2.24, 2.45) is 0 Å². The smallest absolute Gasteiger partial charge is 0.408 e. The summed E-state index contributed by atoms with van der Waals surface area (Å²) in [6, 6.07) is 16.6. The molecule has 5 rings (SSSR count). The molecule has 240 valence electrons. The average Bonchev–Trinajstić information content (AvgIpc) is 3.38. The SMILES string of the molecule is CCCC1(NC(=O)OC(C)(C)C)CCCc2ccc(-c3ccc4cnn(-c5cccc(CO[Si](C)(C)C(C)(C)C)n5)c4c3)nc21. The van der Waals surface area contributed by atoms with Gasteiger partial charge in [0.1, 0.15) is 5.60 Å². The number of carbonyl (C=O) groups is 1. The van der Waals surface area contributed by atoms with Gasteiger partial charge in [-0.1, -0.05) is 58.4 Å². The van der Waals surface area contributed by atoms with E-state index in [9.17, 15) is 4.79 Å². The molecule has 0 radical (unpaired) electrons. The highest BCUT2D eigenvalue weighted by molar-refractivity contribution is 6.74. The number of ether oxygens (including phenoxy) is 1. The minimum absolute atomic E-state index is 0.131. The van der Waals surface area contributed by atoms with Gasteiger partial charge < -0.3 is 14.5 Å². The Morgan fingerprint density at radius 3 is 2.53 bits per heavy atom. The Bertz CT molecular complexity index is 1680. The van der Waals surface area contributed by atoms with Crippen LogP contribution in [0.1, 0.15) is 91.1 Å². The molecule has 1 N–H and O–H groups in total. The number of fused-ring (bicyclic) bond motifs is 2. The molecule has 1 aromatic carbocycles. The molecule has 3 heterocycles. The minimum atomic E-state index is -1.91. The standard InChI is InChI=1S/C36H49N5O3Si/c1-10-20-36(40-33(42)44-34(2,3)4)21-12-13-25-18-19-29(39-32(25)36)26-16-17-27-23-37-41(30(27)22-26)31-15-11-14-28(38-31)24-43-45(8,9)35(5,6)7/h11,14-19,22-23H,10,12-13,20-21,24H2,1-9H3,(H,40,42). The maximum atomic E-state index is 13.0.